The van der Waals surface area contributed by atoms with Crippen LogP contribution in [0.1, 0.15) is 11.3 Å². The molecule has 0 spiro atoms. The van der Waals surface area contributed by atoms with Gasteiger partial charge in [0, 0.05) is 17.5 Å². The molecular weight excluding hydrogens is 212 g/mol. The van der Waals surface area contributed by atoms with Crippen molar-refractivity contribution >= 4 is 0 Å². The van der Waals surface area contributed by atoms with Crippen LogP contribution in [0.3, 0.4) is 0 Å². The lowest BCUT2D eigenvalue weighted by Gasteiger charge is -2.08. The summed E-state index contributed by atoms with van der Waals surface area (Å²) in [5, 5.41) is 9.02. The Hall–Kier alpha value is -1.68. The minimum absolute atomic E-state index is 0.121. The van der Waals surface area contributed by atoms with Crippen LogP contribution < -0.4 is 0 Å². The molecule has 16 heavy (non-hydrogen) atoms. The van der Waals surface area contributed by atoms with Gasteiger partial charge in [0.2, 0.25) is 0 Å². The van der Waals surface area contributed by atoms with Gasteiger partial charge in [0.1, 0.15) is 0 Å². The molecule has 1 heterocycles. The van der Waals surface area contributed by atoms with Crippen molar-refractivity contribution in [1.29, 1.82) is 0 Å². The minimum Gasteiger partial charge on any atom is -0.390 e. The van der Waals surface area contributed by atoms with Gasteiger partial charge in [-0.25, -0.2) is 8.78 Å². The van der Waals surface area contributed by atoms with Crippen LogP contribution in [0, 0.1) is 11.6 Å². The van der Waals surface area contributed by atoms with E-state index in [1.54, 1.807) is 22.9 Å². The molecule has 0 bridgehead atoms. The first kappa shape index (κ1) is 10.8. The first-order valence-electron chi connectivity index (χ1n) is 4.90. The summed E-state index contributed by atoms with van der Waals surface area (Å²) >= 11 is 0. The third-order valence-electron chi connectivity index (χ3n) is 2.46. The second kappa shape index (κ2) is 4.45. The molecule has 0 saturated carbocycles. The molecule has 1 N–H and O–H groups in total. The Morgan fingerprint density at radius 3 is 2.69 bits per heavy atom. The van der Waals surface area contributed by atoms with Crippen LogP contribution in [0.5, 0.6) is 0 Å². The molecule has 2 nitrogen and oxygen atoms in total. The number of rotatable bonds is 3. The fourth-order valence-corrected chi connectivity index (χ4v) is 1.60. The summed E-state index contributed by atoms with van der Waals surface area (Å²) < 4.78 is 28.0. The van der Waals surface area contributed by atoms with E-state index in [0.717, 1.165) is 6.07 Å². The van der Waals surface area contributed by atoms with E-state index in [1.807, 2.05) is 0 Å². The number of halogens is 2. The number of hydrogen-bond acceptors (Lipinski definition) is 1. The van der Waals surface area contributed by atoms with Gasteiger partial charge in [-0.05, 0) is 18.2 Å². The number of aromatic nitrogens is 1. The van der Waals surface area contributed by atoms with E-state index in [2.05, 4.69) is 0 Å². The highest BCUT2D eigenvalue weighted by Crippen LogP contribution is 2.14. The van der Waals surface area contributed by atoms with Crippen LogP contribution in [0.2, 0.25) is 0 Å². The molecule has 0 saturated heterocycles. The Morgan fingerprint density at radius 2 is 1.94 bits per heavy atom. The smallest absolute Gasteiger partial charge is 0.163 e. The average molecular weight is 223 g/mol. The molecule has 84 valence electrons. The molecule has 0 fully saturated rings. The quantitative estimate of drug-likeness (QED) is 0.848. The molecule has 0 aliphatic rings. The van der Waals surface area contributed by atoms with Gasteiger partial charge in [-0.15, -0.1) is 0 Å². The van der Waals surface area contributed by atoms with E-state index >= 15 is 0 Å². The fraction of sp³-hybridized carbons (Fsp3) is 0.167. The maximum absolute atomic E-state index is 13.4. The summed E-state index contributed by atoms with van der Waals surface area (Å²) in [6, 6.07) is 7.57. The molecule has 0 aliphatic carbocycles. The van der Waals surface area contributed by atoms with Crippen LogP contribution in [-0.4, -0.2) is 9.67 Å². The summed E-state index contributed by atoms with van der Waals surface area (Å²) in [4.78, 5) is 0. The number of benzene rings is 1. The van der Waals surface area contributed by atoms with Gasteiger partial charge < -0.3 is 9.67 Å². The molecule has 0 aliphatic heterocycles. The number of aliphatic hydroxyl groups excluding tert-OH is 1. The standard InChI is InChI=1S/C12H11F2NO/c13-11-5-1-3-9(12(11)14)7-15-6-2-4-10(15)8-16/h1-6,16H,7-8H2. The Morgan fingerprint density at radius 1 is 1.12 bits per heavy atom. The number of aliphatic hydroxyl groups is 1. The molecule has 1 aromatic carbocycles. The van der Waals surface area contributed by atoms with Crippen LogP contribution in [-0.2, 0) is 13.2 Å². The van der Waals surface area contributed by atoms with E-state index in [0.29, 0.717) is 5.69 Å². The van der Waals surface area contributed by atoms with Gasteiger partial charge in [0.15, 0.2) is 11.6 Å². The van der Waals surface area contributed by atoms with E-state index in [1.165, 1.54) is 12.1 Å². The average Bonchev–Trinajstić information content (AvgIpc) is 2.72. The Labute approximate surface area is 91.8 Å². The zero-order valence-corrected chi connectivity index (χ0v) is 8.53. The third kappa shape index (κ3) is 1.97. The van der Waals surface area contributed by atoms with E-state index in [4.69, 9.17) is 5.11 Å². The lowest BCUT2D eigenvalue weighted by atomic mass is 10.2. The number of hydrogen-bond donors (Lipinski definition) is 1. The summed E-state index contributed by atoms with van der Waals surface area (Å²) in [5.74, 6) is -1.68. The summed E-state index contributed by atoms with van der Waals surface area (Å²) in [6.45, 7) is 0.0937. The zero-order chi connectivity index (χ0) is 11.5. The van der Waals surface area contributed by atoms with Crippen molar-refractivity contribution < 1.29 is 13.9 Å². The van der Waals surface area contributed by atoms with Crippen LogP contribution in [0.25, 0.3) is 0 Å². The Kier molecular flexibility index (Phi) is 3.01. The molecule has 0 unspecified atom stereocenters. The van der Waals surface area contributed by atoms with Gasteiger partial charge in [-0.2, -0.15) is 0 Å². The molecule has 0 radical (unpaired) electrons. The van der Waals surface area contributed by atoms with Crippen LogP contribution in [0.4, 0.5) is 8.78 Å². The van der Waals surface area contributed by atoms with E-state index in [-0.39, 0.29) is 18.7 Å². The fourth-order valence-electron chi connectivity index (χ4n) is 1.60. The second-order valence-corrected chi connectivity index (χ2v) is 3.50. The molecular formula is C12H11F2NO. The van der Waals surface area contributed by atoms with Crippen LogP contribution >= 0.6 is 0 Å². The topological polar surface area (TPSA) is 25.2 Å². The molecule has 4 heteroatoms. The zero-order valence-electron chi connectivity index (χ0n) is 8.53. The lowest BCUT2D eigenvalue weighted by Crippen LogP contribution is -2.05. The summed E-state index contributed by atoms with van der Waals surface area (Å²) in [7, 11) is 0. The van der Waals surface area contributed by atoms with Crippen molar-refractivity contribution in [3.8, 4) is 0 Å². The Bertz CT molecular complexity index is 494. The number of nitrogens with zero attached hydrogens (tertiary/aromatic N) is 1. The first-order chi connectivity index (χ1) is 7.72. The van der Waals surface area contributed by atoms with Crippen molar-refractivity contribution in [3.05, 3.63) is 59.4 Å². The predicted molar refractivity (Wildman–Crippen MR) is 55.8 cm³/mol. The summed E-state index contributed by atoms with van der Waals surface area (Å²) in [6.07, 6.45) is 1.72. The van der Waals surface area contributed by atoms with Gasteiger partial charge in [-0.1, -0.05) is 12.1 Å². The lowest BCUT2D eigenvalue weighted by molar-refractivity contribution is 0.271. The van der Waals surface area contributed by atoms with Crippen LogP contribution in [0.15, 0.2) is 36.5 Å². The van der Waals surface area contributed by atoms with Crippen molar-refractivity contribution in [2.24, 2.45) is 0 Å². The van der Waals surface area contributed by atoms with E-state index < -0.39 is 11.6 Å². The summed E-state index contributed by atoms with van der Waals surface area (Å²) in [5.41, 5.74) is 0.939. The second-order valence-electron chi connectivity index (χ2n) is 3.50. The van der Waals surface area contributed by atoms with Gasteiger partial charge in [0.05, 0.1) is 13.2 Å². The molecule has 0 atom stereocenters. The van der Waals surface area contributed by atoms with E-state index in [9.17, 15) is 8.78 Å². The Balaban J connectivity index is 2.30. The minimum atomic E-state index is -0.852. The van der Waals surface area contributed by atoms with Crippen molar-refractivity contribution in [2.75, 3.05) is 0 Å². The molecule has 1 aromatic heterocycles. The largest absolute Gasteiger partial charge is 0.390 e. The normalized spacial score (nSPS) is 10.7. The third-order valence-corrected chi connectivity index (χ3v) is 2.46. The molecule has 2 rings (SSSR count). The van der Waals surface area contributed by atoms with Crippen molar-refractivity contribution in [3.63, 3.8) is 0 Å². The highest BCUT2D eigenvalue weighted by molar-refractivity contribution is 5.20. The predicted octanol–water partition coefficient (Wildman–Crippen LogP) is 2.31. The maximum atomic E-state index is 13.4. The van der Waals surface area contributed by atoms with Gasteiger partial charge in [0.25, 0.3) is 0 Å². The monoisotopic (exact) mass is 223 g/mol. The van der Waals surface area contributed by atoms with Crippen molar-refractivity contribution in [2.45, 2.75) is 13.2 Å². The molecule has 2 aromatic rings. The first-order valence-corrected chi connectivity index (χ1v) is 4.90. The maximum Gasteiger partial charge on any atom is 0.163 e. The van der Waals surface area contributed by atoms with Gasteiger partial charge in [-0.3, -0.25) is 0 Å². The van der Waals surface area contributed by atoms with Crippen molar-refractivity contribution in [1.82, 2.24) is 4.57 Å². The highest BCUT2D eigenvalue weighted by atomic mass is 19.2. The van der Waals surface area contributed by atoms with Gasteiger partial charge >= 0.3 is 0 Å². The SMILES string of the molecule is OCc1cccn1Cc1cccc(F)c1F. The molecule has 0 amide bonds. The highest BCUT2D eigenvalue weighted by Gasteiger charge is 2.08.